The van der Waals surface area contributed by atoms with Gasteiger partial charge in [-0.25, -0.2) is 0 Å². The number of nitrogens with zero attached hydrogens (tertiary/aromatic N) is 2. The molecule has 2 heterocycles. The van der Waals surface area contributed by atoms with Gasteiger partial charge in [-0.05, 0) is 24.3 Å². The molecule has 1 aromatic heterocycles. The van der Waals surface area contributed by atoms with E-state index in [1.54, 1.807) is 19.2 Å². The molecule has 1 N–H and O–H groups in total. The molecule has 0 radical (unpaired) electrons. The van der Waals surface area contributed by atoms with Crippen molar-refractivity contribution in [1.82, 2.24) is 15.1 Å². The van der Waals surface area contributed by atoms with Crippen LogP contribution in [0.25, 0.3) is 11.3 Å². The molecule has 26 heavy (non-hydrogen) atoms. The van der Waals surface area contributed by atoms with Crippen LogP contribution in [0.4, 0.5) is 0 Å². The van der Waals surface area contributed by atoms with Crippen molar-refractivity contribution >= 4 is 17.5 Å². The molecule has 0 saturated heterocycles. The lowest BCUT2D eigenvalue weighted by Crippen LogP contribution is -2.36. The number of halogens is 1. The second-order valence-corrected chi connectivity index (χ2v) is 6.65. The van der Waals surface area contributed by atoms with E-state index >= 15 is 0 Å². The van der Waals surface area contributed by atoms with Crippen LogP contribution in [0.5, 0.6) is 5.75 Å². The maximum atomic E-state index is 13.0. The average Bonchev–Trinajstić information content (AvgIpc) is 3.10. The molecule has 0 atom stereocenters. The first-order valence-corrected chi connectivity index (χ1v) is 8.79. The number of fused-ring (bicyclic) bond motifs is 1. The maximum Gasteiger partial charge on any atom is 0.257 e. The molecule has 1 aliphatic heterocycles. The Morgan fingerprint density at radius 2 is 2.08 bits per heavy atom. The number of nitrogens with one attached hydrogen (secondary N) is 1. The number of hydrogen-bond acceptors (Lipinski definition) is 3. The molecule has 132 valence electrons. The molecule has 0 fully saturated rings. The van der Waals surface area contributed by atoms with Crippen LogP contribution in [0.1, 0.15) is 21.6 Å². The Bertz CT molecular complexity index is 967. The molecule has 0 aliphatic carbocycles. The molecule has 6 heteroatoms. The highest BCUT2D eigenvalue weighted by Crippen LogP contribution is 2.31. The number of carbonyl (C=O) groups excluding carboxylic acids is 1. The van der Waals surface area contributed by atoms with Crippen LogP contribution in [-0.2, 0) is 13.0 Å². The van der Waals surface area contributed by atoms with Crippen LogP contribution in [-0.4, -0.2) is 34.7 Å². The highest BCUT2D eigenvalue weighted by atomic mass is 35.5. The van der Waals surface area contributed by atoms with E-state index in [1.807, 2.05) is 41.3 Å². The Kier molecular flexibility index (Phi) is 4.39. The summed E-state index contributed by atoms with van der Waals surface area (Å²) < 4.78 is 5.34. The molecule has 2 aromatic carbocycles. The van der Waals surface area contributed by atoms with Crippen molar-refractivity contribution in [2.45, 2.75) is 13.0 Å². The van der Waals surface area contributed by atoms with Crippen molar-refractivity contribution in [1.29, 1.82) is 0 Å². The van der Waals surface area contributed by atoms with Crippen molar-refractivity contribution in [3.63, 3.8) is 0 Å². The van der Waals surface area contributed by atoms with Crippen molar-refractivity contribution in [2.75, 3.05) is 13.7 Å². The quantitative estimate of drug-likeness (QED) is 0.762. The average molecular weight is 368 g/mol. The summed E-state index contributed by atoms with van der Waals surface area (Å²) in [6.45, 7) is 1.14. The molecule has 5 nitrogen and oxygen atoms in total. The molecule has 0 spiro atoms. The van der Waals surface area contributed by atoms with Crippen LogP contribution < -0.4 is 4.74 Å². The van der Waals surface area contributed by atoms with Gasteiger partial charge in [0.15, 0.2) is 0 Å². The number of rotatable bonds is 3. The fourth-order valence-corrected chi connectivity index (χ4v) is 3.52. The number of aromatic nitrogens is 2. The van der Waals surface area contributed by atoms with Crippen LogP contribution >= 0.6 is 11.6 Å². The van der Waals surface area contributed by atoms with E-state index in [-0.39, 0.29) is 5.91 Å². The Hall–Kier alpha value is -2.79. The van der Waals surface area contributed by atoms with Gasteiger partial charge in [0.05, 0.1) is 18.4 Å². The molecular weight excluding hydrogens is 350 g/mol. The number of carbonyl (C=O) groups is 1. The summed E-state index contributed by atoms with van der Waals surface area (Å²) in [5.41, 5.74) is 4.48. The van der Waals surface area contributed by atoms with Gasteiger partial charge in [-0.2, -0.15) is 5.10 Å². The lowest BCUT2D eigenvalue weighted by molar-refractivity contribution is 0.0731. The fourth-order valence-electron chi connectivity index (χ4n) is 3.33. The van der Waals surface area contributed by atoms with Gasteiger partial charge < -0.3 is 9.64 Å². The van der Waals surface area contributed by atoms with Gasteiger partial charge in [0.1, 0.15) is 5.75 Å². The number of para-hydroxylation sites is 1. The second-order valence-electron chi connectivity index (χ2n) is 6.22. The summed E-state index contributed by atoms with van der Waals surface area (Å²) in [4.78, 5) is 14.8. The number of hydrogen-bond donors (Lipinski definition) is 1. The summed E-state index contributed by atoms with van der Waals surface area (Å²) in [6.07, 6.45) is 0.740. The van der Waals surface area contributed by atoms with Crippen LogP contribution in [0.2, 0.25) is 5.02 Å². The third-order valence-corrected chi connectivity index (χ3v) is 4.89. The Morgan fingerprint density at radius 3 is 2.88 bits per heavy atom. The van der Waals surface area contributed by atoms with Gasteiger partial charge in [0.25, 0.3) is 5.91 Å². The number of aromatic amines is 1. The van der Waals surface area contributed by atoms with Gasteiger partial charge in [-0.3, -0.25) is 9.89 Å². The van der Waals surface area contributed by atoms with E-state index in [0.717, 1.165) is 28.9 Å². The van der Waals surface area contributed by atoms with E-state index in [2.05, 4.69) is 10.2 Å². The van der Waals surface area contributed by atoms with Gasteiger partial charge in [-0.1, -0.05) is 35.9 Å². The van der Waals surface area contributed by atoms with Crippen LogP contribution in [0.3, 0.4) is 0 Å². The summed E-state index contributed by atoms with van der Waals surface area (Å²) >= 11 is 6.12. The Labute approximate surface area is 156 Å². The van der Waals surface area contributed by atoms with E-state index in [0.29, 0.717) is 29.4 Å². The molecule has 0 unspecified atom stereocenters. The predicted octanol–water partition coefficient (Wildman–Crippen LogP) is 3.94. The lowest BCUT2D eigenvalue weighted by atomic mass is 10.0. The SMILES string of the molecule is COc1ccccc1C(=O)N1CCc2[nH]nc(-c3cccc(Cl)c3)c2C1. The first-order valence-electron chi connectivity index (χ1n) is 8.41. The Morgan fingerprint density at radius 1 is 1.23 bits per heavy atom. The third kappa shape index (κ3) is 2.95. The maximum absolute atomic E-state index is 13.0. The number of methoxy groups -OCH3 is 1. The monoisotopic (exact) mass is 367 g/mol. The zero-order valence-corrected chi connectivity index (χ0v) is 15.1. The minimum atomic E-state index is -0.0358. The van der Waals surface area contributed by atoms with Gasteiger partial charge in [0.2, 0.25) is 0 Å². The van der Waals surface area contributed by atoms with Crippen LogP contribution in [0, 0.1) is 0 Å². The predicted molar refractivity (Wildman–Crippen MR) is 100 cm³/mol. The van der Waals surface area contributed by atoms with E-state index in [4.69, 9.17) is 16.3 Å². The smallest absolute Gasteiger partial charge is 0.257 e. The summed E-state index contributed by atoms with van der Waals surface area (Å²) in [5, 5.41) is 8.24. The fraction of sp³-hybridized carbons (Fsp3) is 0.200. The molecular formula is C20H18ClN3O2. The van der Waals surface area contributed by atoms with Crippen LogP contribution in [0.15, 0.2) is 48.5 Å². The second kappa shape index (κ2) is 6.84. The highest BCUT2D eigenvalue weighted by molar-refractivity contribution is 6.30. The van der Waals surface area contributed by atoms with E-state index in [1.165, 1.54) is 0 Å². The molecule has 1 aliphatic rings. The zero-order valence-electron chi connectivity index (χ0n) is 14.3. The van der Waals surface area contributed by atoms with Crippen molar-refractivity contribution in [3.8, 4) is 17.0 Å². The number of H-pyrrole nitrogens is 1. The summed E-state index contributed by atoms with van der Waals surface area (Å²) in [6, 6.07) is 14.9. The molecule has 0 bridgehead atoms. The number of benzene rings is 2. The lowest BCUT2D eigenvalue weighted by Gasteiger charge is -2.27. The third-order valence-electron chi connectivity index (χ3n) is 4.66. The minimum absolute atomic E-state index is 0.0358. The van der Waals surface area contributed by atoms with Crippen molar-refractivity contribution in [3.05, 3.63) is 70.4 Å². The summed E-state index contributed by atoms with van der Waals surface area (Å²) in [5.74, 6) is 0.553. The number of amides is 1. The largest absolute Gasteiger partial charge is 0.496 e. The number of ether oxygens (including phenoxy) is 1. The molecule has 3 aromatic rings. The molecule has 1 amide bonds. The van der Waals surface area contributed by atoms with Crippen molar-refractivity contribution < 1.29 is 9.53 Å². The van der Waals surface area contributed by atoms with Gasteiger partial charge in [0, 0.05) is 41.4 Å². The zero-order chi connectivity index (χ0) is 18.1. The van der Waals surface area contributed by atoms with Gasteiger partial charge >= 0.3 is 0 Å². The van der Waals surface area contributed by atoms with E-state index < -0.39 is 0 Å². The highest BCUT2D eigenvalue weighted by Gasteiger charge is 2.27. The molecule has 0 saturated carbocycles. The van der Waals surface area contributed by atoms with E-state index in [9.17, 15) is 4.79 Å². The first-order chi connectivity index (χ1) is 12.7. The first kappa shape index (κ1) is 16.7. The normalized spacial score (nSPS) is 13.4. The topological polar surface area (TPSA) is 58.2 Å². The minimum Gasteiger partial charge on any atom is -0.496 e. The standard InChI is InChI=1S/C20H18ClN3O2/c1-26-18-8-3-2-7-15(18)20(25)24-10-9-17-16(12-24)19(23-22-17)13-5-4-6-14(21)11-13/h2-8,11H,9-10,12H2,1H3,(H,22,23). The Balaban J connectivity index is 1.66. The van der Waals surface area contributed by atoms with Gasteiger partial charge in [-0.15, -0.1) is 0 Å². The molecule has 4 rings (SSSR count). The summed E-state index contributed by atoms with van der Waals surface area (Å²) in [7, 11) is 1.58. The van der Waals surface area contributed by atoms with Crippen molar-refractivity contribution in [2.24, 2.45) is 0 Å².